The number of aromatic nitrogens is 2. The lowest BCUT2D eigenvalue weighted by Gasteiger charge is -2.06. The molecular formula is C8H10N2O3. The van der Waals surface area contributed by atoms with Crippen LogP contribution in [0.5, 0.6) is 0 Å². The number of carbonyl (C=O) groups is 2. The van der Waals surface area contributed by atoms with Gasteiger partial charge in [0.2, 0.25) is 6.41 Å². The molecule has 70 valence electrons. The third-order valence-corrected chi connectivity index (χ3v) is 1.33. The minimum atomic E-state index is -0.542. The Labute approximate surface area is 75.3 Å². The van der Waals surface area contributed by atoms with Gasteiger partial charge in [-0.1, -0.05) is 0 Å². The number of esters is 1. The van der Waals surface area contributed by atoms with Crippen molar-refractivity contribution in [3.05, 3.63) is 18.2 Å². The summed E-state index contributed by atoms with van der Waals surface area (Å²) in [5.41, 5.74) is 0.142. The first kappa shape index (κ1) is 9.44. The van der Waals surface area contributed by atoms with E-state index in [1.165, 1.54) is 12.5 Å². The monoisotopic (exact) mass is 182 g/mol. The highest BCUT2D eigenvalue weighted by Crippen LogP contribution is 2.01. The van der Waals surface area contributed by atoms with Gasteiger partial charge in [0.15, 0.2) is 5.69 Å². The molecular weight excluding hydrogens is 172 g/mol. The first-order valence-corrected chi connectivity index (χ1v) is 3.83. The van der Waals surface area contributed by atoms with Crippen LogP contribution in [0.4, 0.5) is 0 Å². The van der Waals surface area contributed by atoms with Crippen LogP contribution in [0, 0.1) is 0 Å². The molecule has 0 aliphatic rings. The van der Waals surface area contributed by atoms with Gasteiger partial charge in [0.25, 0.3) is 0 Å². The minimum Gasteiger partial charge on any atom is -0.458 e. The third kappa shape index (κ3) is 2.14. The van der Waals surface area contributed by atoms with Crippen molar-refractivity contribution >= 4 is 12.4 Å². The SMILES string of the molecule is CC(C)OC(=O)c1cncn1C=O. The molecule has 0 fully saturated rings. The summed E-state index contributed by atoms with van der Waals surface area (Å²) >= 11 is 0. The zero-order chi connectivity index (χ0) is 9.84. The highest BCUT2D eigenvalue weighted by molar-refractivity contribution is 5.89. The minimum absolute atomic E-state index is 0.142. The Morgan fingerprint density at radius 1 is 1.69 bits per heavy atom. The van der Waals surface area contributed by atoms with E-state index < -0.39 is 5.97 Å². The van der Waals surface area contributed by atoms with Gasteiger partial charge in [-0.15, -0.1) is 0 Å². The Morgan fingerprint density at radius 2 is 2.38 bits per heavy atom. The quantitative estimate of drug-likeness (QED) is 0.504. The summed E-state index contributed by atoms with van der Waals surface area (Å²) in [5.74, 6) is -0.542. The van der Waals surface area contributed by atoms with Crippen molar-refractivity contribution in [3.63, 3.8) is 0 Å². The van der Waals surface area contributed by atoms with E-state index in [0.717, 1.165) is 4.57 Å². The van der Waals surface area contributed by atoms with Crippen LogP contribution >= 0.6 is 0 Å². The van der Waals surface area contributed by atoms with Crippen LogP contribution in [0.2, 0.25) is 0 Å². The van der Waals surface area contributed by atoms with Crippen molar-refractivity contribution in [1.82, 2.24) is 9.55 Å². The molecule has 13 heavy (non-hydrogen) atoms. The summed E-state index contributed by atoms with van der Waals surface area (Å²) in [4.78, 5) is 25.3. The van der Waals surface area contributed by atoms with Gasteiger partial charge < -0.3 is 4.74 Å². The number of hydrogen-bond acceptors (Lipinski definition) is 4. The predicted molar refractivity (Wildman–Crippen MR) is 44.9 cm³/mol. The lowest BCUT2D eigenvalue weighted by atomic mass is 10.4. The lowest BCUT2D eigenvalue weighted by Crippen LogP contribution is -2.15. The molecule has 1 heterocycles. The molecule has 0 aromatic carbocycles. The molecule has 0 saturated heterocycles. The average molecular weight is 182 g/mol. The van der Waals surface area contributed by atoms with Crippen molar-refractivity contribution < 1.29 is 14.3 Å². The Morgan fingerprint density at radius 3 is 2.92 bits per heavy atom. The van der Waals surface area contributed by atoms with Gasteiger partial charge in [-0.2, -0.15) is 0 Å². The molecule has 0 bridgehead atoms. The molecule has 0 radical (unpaired) electrons. The molecule has 0 unspecified atom stereocenters. The Balaban J connectivity index is 2.82. The normalized spacial score (nSPS) is 10.1. The zero-order valence-electron chi connectivity index (χ0n) is 7.43. The summed E-state index contributed by atoms with van der Waals surface area (Å²) in [5, 5.41) is 0. The topological polar surface area (TPSA) is 61.2 Å². The maximum atomic E-state index is 11.3. The van der Waals surface area contributed by atoms with Crippen LogP contribution in [0.3, 0.4) is 0 Å². The van der Waals surface area contributed by atoms with Gasteiger partial charge in [-0.25, -0.2) is 9.78 Å². The van der Waals surface area contributed by atoms with Crippen molar-refractivity contribution in [2.75, 3.05) is 0 Å². The smallest absolute Gasteiger partial charge is 0.357 e. The van der Waals surface area contributed by atoms with E-state index in [2.05, 4.69) is 4.98 Å². The Kier molecular flexibility index (Phi) is 2.79. The molecule has 0 spiro atoms. The van der Waals surface area contributed by atoms with Crippen LogP contribution in [0.25, 0.3) is 0 Å². The largest absolute Gasteiger partial charge is 0.458 e. The van der Waals surface area contributed by atoms with Gasteiger partial charge in [0.05, 0.1) is 12.3 Å². The molecule has 0 saturated carbocycles. The first-order valence-electron chi connectivity index (χ1n) is 3.83. The molecule has 0 atom stereocenters. The number of ether oxygens (including phenoxy) is 1. The molecule has 5 heteroatoms. The molecule has 0 aliphatic carbocycles. The standard InChI is InChI=1S/C8H10N2O3/c1-6(2)13-8(12)7-3-9-4-10(7)5-11/h3-6H,1-2H3. The number of rotatable bonds is 3. The average Bonchev–Trinajstić information content (AvgIpc) is 2.49. The van der Waals surface area contributed by atoms with Crippen LogP contribution in [0.1, 0.15) is 24.3 Å². The number of carbonyl (C=O) groups excluding carboxylic acids is 2. The predicted octanol–water partition coefficient (Wildman–Crippen LogP) is 0.487. The Hall–Kier alpha value is -1.65. The Bertz CT molecular complexity index is 317. The van der Waals surface area contributed by atoms with Gasteiger partial charge in [-0.05, 0) is 13.8 Å². The molecule has 0 amide bonds. The second-order valence-electron chi connectivity index (χ2n) is 2.75. The van der Waals surface area contributed by atoms with Crippen LogP contribution in [-0.2, 0) is 9.53 Å². The summed E-state index contributed by atoms with van der Waals surface area (Å²) in [6.07, 6.45) is 2.84. The van der Waals surface area contributed by atoms with E-state index in [1.54, 1.807) is 13.8 Å². The first-order chi connectivity index (χ1) is 6.15. The summed E-state index contributed by atoms with van der Waals surface area (Å²) in [6, 6.07) is 0. The van der Waals surface area contributed by atoms with Crippen molar-refractivity contribution in [3.8, 4) is 0 Å². The highest BCUT2D eigenvalue weighted by atomic mass is 16.5. The van der Waals surface area contributed by atoms with E-state index >= 15 is 0 Å². The van der Waals surface area contributed by atoms with Gasteiger partial charge in [-0.3, -0.25) is 9.36 Å². The lowest BCUT2D eigenvalue weighted by molar-refractivity contribution is 0.0369. The second-order valence-corrected chi connectivity index (χ2v) is 2.75. The zero-order valence-corrected chi connectivity index (χ0v) is 7.43. The summed E-state index contributed by atoms with van der Waals surface area (Å²) < 4.78 is 5.95. The third-order valence-electron chi connectivity index (χ3n) is 1.33. The maximum Gasteiger partial charge on any atom is 0.357 e. The molecule has 0 N–H and O–H groups in total. The fourth-order valence-corrected chi connectivity index (χ4v) is 0.821. The van der Waals surface area contributed by atoms with E-state index in [1.807, 2.05) is 0 Å². The molecule has 1 aromatic rings. The molecule has 1 rings (SSSR count). The summed E-state index contributed by atoms with van der Waals surface area (Å²) in [7, 11) is 0. The van der Waals surface area contributed by atoms with E-state index in [0.29, 0.717) is 6.41 Å². The fourth-order valence-electron chi connectivity index (χ4n) is 0.821. The van der Waals surface area contributed by atoms with E-state index in [-0.39, 0.29) is 11.8 Å². The maximum absolute atomic E-state index is 11.3. The van der Waals surface area contributed by atoms with E-state index in [9.17, 15) is 9.59 Å². The van der Waals surface area contributed by atoms with Crippen molar-refractivity contribution in [2.45, 2.75) is 20.0 Å². The van der Waals surface area contributed by atoms with Crippen molar-refractivity contribution in [2.24, 2.45) is 0 Å². The number of imidazole rings is 1. The molecule has 1 aromatic heterocycles. The summed E-state index contributed by atoms with van der Waals surface area (Å²) in [6.45, 7) is 3.47. The van der Waals surface area contributed by atoms with Gasteiger partial charge in [0, 0.05) is 0 Å². The van der Waals surface area contributed by atoms with Crippen LogP contribution in [0.15, 0.2) is 12.5 Å². The fraction of sp³-hybridized carbons (Fsp3) is 0.375. The van der Waals surface area contributed by atoms with Crippen LogP contribution < -0.4 is 0 Å². The molecule has 0 aliphatic heterocycles. The van der Waals surface area contributed by atoms with Gasteiger partial charge >= 0.3 is 5.97 Å². The van der Waals surface area contributed by atoms with Crippen molar-refractivity contribution in [1.29, 1.82) is 0 Å². The number of hydrogen-bond donors (Lipinski definition) is 0. The van der Waals surface area contributed by atoms with Gasteiger partial charge in [0.1, 0.15) is 6.33 Å². The molecule has 5 nitrogen and oxygen atoms in total. The second kappa shape index (κ2) is 3.84. The van der Waals surface area contributed by atoms with Crippen LogP contribution in [-0.4, -0.2) is 28.0 Å². The highest BCUT2D eigenvalue weighted by Gasteiger charge is 2.13. The van der Waals surface area contributed by atoms with E-state index in [4.69, 9.17) is 4.74 Å². The number of nitrogens with zero attached hydrogens (tertiary/aromatic N) is 2.